The van der Waals surface area contributed by atoms with E-state index < -0.39 is 0 Å². The van der Waals surface area contributed by atoms with Gasteiger partial charge in [0.2, 0.25) is 0 Å². The molecule has 220 valence electrons. The molecule has 4 heterocycles. The number of para-hydroxylation sites is 1. The molecule has 0 fully saturated rings. The van der Waals surface area contributed by atoms with Crippen LogP contribution in [0.1, 0.15) is 0 Å². The van der Waals surface area contributed by atoms with E-state index >= 15 is 0 Å². The summed E-state index contributed by atoms with van der Waals surface area (Å²) in [7, 11) is 0. The highest BCUT2D eigenvalue weighted by Crippen LogP contribution is 2.40. The zero-order chi connectivity index (χ0) is 31.2. The summed E-state index contributed by atoms with van der Waals surface area (Å²) in [5, 5.41) is 4.13. The molecule has 4 aromatic heterocycles. The number of nitrogens with zero attached hydrogens (tertiary/aromatic N) is 5. The topological polar surface area (TPSA) is 77.6 Å². The first-order chi connectivity index (χ1) is 23.3. The average molecular weight is 604 g/mol. The molecule has 0 unspecified atom stereocenters. The van der Waals surface area contributed by atoms with Crippen LogP contribution < -0.4 is 0 Å². The number of furan rings is 1. The van der Waals surface area contributed by atoms with Crippen molar-refractivity contribution in [2.24, 2.45) is 0 Å². The average Bonchev–Trinajstić information content (AvgIpc) is 3.54. The van der Waals surface area contributed by atoms with Crippen LogP contribution in [0.25, 0.3) is 89.4 Å². The molecule has 47 heavy (non-hydrogen) atoms. The highest BCUT2D eigenvalue weighted by Gasteiger charge is 2.19. The highest BCUT2D eigenvalue weighted by atomic mass is 16.3. The second kappa shape index (κ2) is 11.1. The molecule has 0 amide bonds. The van der Waals surface area contributed by atoms with E-state index in [9.17, 15) is 0 Å². The summed E-state index contributed by atoms with van der Waals surface area (Å²) in [6.07, 6.45) is 3.67. The molecule has 0 saturated heterocycles. The summed E-state index contributed by atoms with van der Waals surface area (Å²) in [5.41, 5.74) is 7.83. The van der Waals surface area contributed by atoms with Crippen molar-refractivity contribution in [2.75, 3.05) is 0 Å². The Morgan fingerprint density at radius 3 is 1.79 bits per heavy atom. The lowest BCUT2D eigenvalue weighted by Gasteiger charge is -2.13. The maximum Gasteiger partial charge on any atom is 0.164 e. The van der Waals surface area contributed by atoms with Gasteiger partial charge in [-0.3, -0.25) is 9.97 Å². The first kappa shape index (κ1) is 26.8. The van der Waals surface area contributed by atoms with Gasteiger partial charge in [0.15, 0.2) is 23.1 Å². The minimum atomic E-state index is 0.604. The highest BCUT2D eigenvalue weighted by molar-refractivity contribution is 6.12. The van der Waals surface area contributed by atoms with E-state index in [0.717, 1.165) is 66.2 Å². The molecule has 9 aromatic rings. The largest absolute Gasteiger partial charge is 0.454 e. The van der Waals surface area contributed by atoms with Crippen molar-refractivity contribution in [3.63, 3.8) is 0 Å². The number of benzene rings is 5. The summed E-state index contributed by atoms with van der Waals surface area (Å²) in [6, 6.07) is 46.8. The van der Waals surface area contributed by atoms with Gasteiger partial charge in [0.1, 0.15) is 17.0 Å². The minimum absolute atomic E-state index is 0.604. The summed E-state index contributed by atoms with van der Waals surface area (Å²) in [5.74, 6) is 1.86. The Kier molecular flexibility index (Phi) is 6.35. The van der Waals surface area contributed by atoms with Crippen LogP contribution in [0.2, 0.25) is 0 Å². The van der Waals surface area contributed by atoms with Crippen molar-refractivity contribution in [1.29, 1.82) is 0 Å². The van der Waals surface area contributed by atoms with Gasteiger partial charge in [0.25, 0.3) is 0 Å². The molecule has 9 rings (SSSR count). The number of fused-ring (bicyclic) bond motifs is 4. The third-order valence-corrected chi connectivity index (χ3v) is 8.44. The third kappa shape index (κ3) is 4.71. The van der Waals surface area contributed by atoms with Gasteiger partial charge in [-0.15, -0.1) is 0 Å². The van der Waals surface area contributed by atoms with Crippen LogP contribution in [0.4, 0.5) is 0 Å². The Bertz CT molecular complexity index is 2520. The van der Waals surface area contributed by atoms with Crippen LogP contribution in [-0.4, -0.2) is 24.9 Å². The van der Waals surface area contributed by atoms with E-state index in [0.29, 0.717) is 23.2 Å². The van der Waals surface area contributed by atoms with Gasteiger partial charge < -0.3 is 4.42 Å². The molecular formula is C41H25N5O. The van der Waals surface area contributed by atoms with Crippen molar-refractivity contribution < 1.29 is 4.42 Å². The molecule has 0 aliphatic carbocycles. The van der Waals surface area contributed by atoms with Gasteiger partial charge in [-0.05, 0) is 40.8 Å². The van der Waals surface area contributed by atoms with E-state index in [1.54, 1.807) is 0 Å². The van der Waals surface area contributed by atoms with E-state index in [4.69, 9.17) is 29.3 Å². The zero-order valence-electron chi connectivity index (χ0n) is 25.1. The standard InChI is InChI=1S/C41H25N5O/c1-3-11-27(12-4-1)39-44-40(28-13-5-2-6-14-28)46-41(45-39)30-17-9-16-29(25-30)31-19-10-15-26-21-23-42-36(35(26)31)37-38-33(22-24-43-37)32-18-7-8-20-34(32)47-38/h1-25H. The van der Waals surface area contributed by atoms with Gasteiger partial charge in [0.05, 0.1) is 0 Å². The third-order valence-electron chi connectivity index (χ3n) is 8.44. The molecule has 0 saturated carbocycles. The van der Waals surface area contributed by atoms with E-state index in [2.05, 4.69) is 36.4 Å². The van der Waals surface area contributed by atoms with Crippen molar-refractivity contribution in [1.82, 2.24) is 24.9 Å². The van der Waals surface area contributed by atoms with Gasteiger partial charge >= 0.3 is 0 Å². The fourth-order valence-corrected chi connectivity index (χ4v) is 6.23. The fourth-order valence-electron chi connectivity index (χ4n) is 6.23. The molecule has 0 bridgehead atoms. The Labute approximate surface area is 270 Å². The van der Waals surface area contributed by atoms with Crippen molar-refractivity contribution >= 4 is 32.7 Å². The molecule has 0 N–H and O–H groups in total. The molecule has 0 aliphatic heterocycles. The van der Waals surface area contributed by atoms with Crippen LogP contribution in [0.15, 0.2) is 156 Å². The van der Waals surface area contributed by atoms with Crippen LogP contribution in [0.5, 0.6) is 0 Å². The number of rotatable bonds is 5. The minimum Gasteiger partial charge on any atom is -0.454 e. The van der Waals surface area contributed by atoms with Gasteiger partial charge in [0, 0.05) is 45.2 Å². The monoisotopic (exact) mass is 603 g/mol. The van der Waals surface area contributed by atoms with Gasteiger partial charge in [-0.2, -0.15) is 0 Å². The molecule has 0 aliphatic rings. The second-order valence-electron chi connectivity index (χ2n) is 11.3. The van der Waals surface area contributed by atoms with Gasteiger partial charge in [-0.25, -0.2) is 15.0 Å². The summed E-state index contributed by atoms with van der Waals surface area (Å²) < 4.78 is 6.38. The number of pyridine rings is 2. The number of aromatic nitrogens is 5. The second-order valence-corrected chi connectivity index (χ2v) is 11.3. The van der Waals surface area contributed by atoms with Crippen LogP contribution >= 0.6 is 0 Å². The fraction of sp³-hybridized carbons (Fsp3) is 0. The Balaban J connectivity index is 1.23. The predicted octanol–water partition coefficient (Wildman–Crippen LogP) is 10.0. The molecular weight excluding hydrogens is 578 g/mol. The Morgan fingerprint density at radius 2 is 1.02 bits per heavy atom. The summed E-state index contributed by atoms with van der Waals surface area (Å²) in [6.45, 7) is 0. The van der Waals surface area contributed by atoms with E-state index in [-0.39, 0.29) is 0 Å². The molecule has 0 spiro atoms. The SMILES string of the molecule is c1ccc(-c2nc(-c3ccccc3)nc(-c3cccc(-c4cccc5ccnc(-c6nccc7c6oc6ccccc67)c45)c3)n2)cc1. The molecule has 0 atom stereocenters. The maximum absolute atomic E-state index is 6.38. The van der Waals surface area contributed by atoms with Crippen molar-refractivity contribution in [3.8, 4) is 56.7 Å². The first-order valence-electron chi connectivity index (χ1n) is 15.4. The normalized spacial score (nSPS) is 11.4. The van der Waals surface area contributed by atoms with Crippen molar-refractivity contribution in [3.05, 3.63) is 152 Å². The predicted molar refractivity (Wildman–Crippen MR) is 187 cm³/mol. The number of hydrogen-bond acceptors (Lipinski definition) is 6. The smallest absolute Gasteiger partial charge is 0.164 e. The molecule has 0 radical (unpaired) electrons. The molecule has 6 heteroatoms. The first-order valence-corrected chi connectivity index (χ1v) is 15.4. The van der Waals surface area contributed by atoms with Crippen LogP contribution in [0, 0.1) is 0 Å². The quantitative estimate of drug-likeness (QED) is 0.195. The lowest BCUT2D eigenvalue weighted by molar-refractivity contribution is 0.668. The number of hydrogen-bond donors (Lipinski definition) is 0. The Morgan fingerprint density at radius 1 is 0.426 bits per heavy atom. The molecule has 5 aromatic carbocycles. The van der Waals surface area contributed by atoms with Crippen LogP contribution in [-0.2, 0) is 0 Å². The maximum atomic E-state index is 6.38. The Hall–Kier alpha value is -6.53. The summed E-state index contributed by atoms with van der Waals surface area (Å²) in [4.78, 5) is 24.5. The van der Waals surface area contributed by atoms with Crippen LogP contribution in [0.3, 0.4) is 0 Å². The van der Waals surface area contributed by atoms with E-state index in [1.165, 1.54) is 0 Å². The lowest BCUT2D eigenvalue weighted by Crippen LogP contribution is -2.00. The van der Waals surface area contributed by atoms with Crippen molar-refractivity contribution in [2.45, 2.75) is 0 Å². The summed E-state index contributed by atoms with van der Waals surface area (Å²) >= 11 is 0. The molecule has 6 nitrogen and oxygen atoms in total. The van der Waals surface area contributed by atoms with Gasteiger partial charge in [-0.1, -0.05) is 115 Å². The zero-order valence-corrected chi connectivity index (χ0v) is 25.1. The lowest BCUT2D eigenvalue weighted by atomic mass is 9.95. The van der Waals surface area contributed by atoms with E-state index in [1.807, 2.05) is 116 Å².